The minimum atomic E-state index is -0.126. The zero-order valence-corrected chi connectivity index (χ0v) is 13.1. The molecule has 1 unspecified atom stereocenters. The fraction of sp³-hybridized carbons (Fsp3) is 0.182. The van der Waals surface area contributed by atoms with Crippen LogP contribution in [0.15, 0.2) is 23.0 Å². The summed E-state index contributed by atoms with van der Waals surface area (Å²) in [5.74, 6) is 0. The summed E-state index contributed by atoms with van der Waals surface area (Å²) in [7, 11) is 2.44. The van der Waals surface area contributed by atoms with Crippen LogP contribution in [0, 0.1) is 0 Å². The van der Waals surface area contributed by atoms with Gasteiger partial charge in [-0.25, -0.2) is 0 Å². The van der Waals surface area contributed by atoms with Gasteiger partial charge in [0.1, 0.15) is 10.0 Å². The smallest absolute Gasteiger partial charge is 0.263 e. The Morgan fingerprint density at radius 1 is 1.22 bits per heavy atom. The van der Waals surface area contributed by atoms with Gasteiger partial charge in [0.25, 0.3) is 4.74 Å². The minimum Gasteiger partial charge on any atom is -0.368 e. The highest BCUT2D eigenvalue weighted by atomic mass is 35.5. The van der Waals surface area contributed by atoms with Crippen molar-refractivity contribution in [2.45, 2.75) is 13.0 Å². The normalized spacial score (nSPS) is 12.4. The summed E-state index contributed by atoms with van der Waals surface area (Å²) in [6.45, 7) is 1.94. The maximum atomic E-state index is 11.3. The lowest BCUT2D eigenvalue weighted by molar-refractivity contribution is 0.890. The monoisotopic (exact) mass is 339 g/mol. The van der Waals surface area contributed by atoms with Gasteiger partial charge in [-0.05, 0) is 35.0 Å². The van der Waals surface area contributed by atoms with E-state index in [1.54, 1.807) is 12.1 Å². The van der Waals surface area contributed by atoms with Gasteiger partial charge < -0.3 is 5.32 Å². The predicted molar refractivity (Wildman–Crippen MR) is 82.0 cm³/mol. The van der Waals surface area contributed by atoms with Crippen LogP contribution in [-0.4, -0.2) is 0 Å². The number of hydrogen-bond acceptors (Lipinski definition) is 4. The molecule has 1 heterocycles. The molecular formula is C11H8Cl3NOS2. The third-order valence-electron chi connectivity index (χ3n) is 2.36. The van der Waals surface area contributed by atoms with Crippen LogP contribution in [0.3, 0.4) is 0 Å². The van der Waals surface area contributed by atoms with E-state index < -0.39 is 0 Å². The average Bonchev–Trinajstić information content (AvgIpc) is 2.61. The number of nitrogens with one attached hydrogen (secondary N) is 1. The second-order valence-electron chi connectivity index (χ2n) is 3.63. The van der Waals surface area contributed by atoms with E-state index in [0.29, 0.717) is 15.0 Å². The Labute approximate surface area is 127 Å². The van der Waals surface area contributed by atoms with Crippen LogP contribution in [0.2, 0.25) is 15.1 Å². The molecule has 0 spiro atoms. The zero-order valence-electron chi connectivity index (χ0n) is 9.17. The Balaban J connectivity index is 2.24. The largest absolute Gasteiger partial charge is 0.368 e. The summed E-state index contributed by atoms with van der Waals surface area (Å²) in [6, 6.07) is 5.26. The lowest BCUT2D eigenvalue weighted by Gasteiger charge is -2.15. The van der Waals surface area contributed by atoms with E-state index in [2.05, 4.69) is 5.32 Å². The molecule has 0 amide bonds. The summed E-state index contributed by atoms with van der Waals surface area (Å²) in [5.41, 5.74) is 0.906. The van der Waals surface area contributed by atoms with Gasteiger partial charge in [0.2, 0.25) is 0 Å². The summed E-state index contributed by atoms with van der Waals surface area (Å²) in [5, 5.41) is 5.26. The van der Waals surface area contributed by atoms with Crippen molar-refractivity contribution < 1.29 is 0 Å². The summed E-state index contributed by atoms with van der Waals surface area (Å²) < 4.78 is -0.126. The lowest BCUT2D eigenvalue weighted by Crippen LogP contribution is -2.07. The third-order valence-corrected chi connectivity index (χ3v) is 5.63. The van der Waals surface area contributed by atoms with Gasteiger partial charge in [0.15, 0.2) is 0 Å². The highest BCUT2D eigenvalue weighted by molar-refractivity contribution is 7.70. The molecular weight excluding hydrogens is 333 g/mol. The molecule has 0 radical (unpaired) electrons. The van der Waals surface area contributed by atoms with Crippen LogP contribution in [-0.2, 0) is 0 Å². The van der Waals surface area contributed by atoms with Gasteiger partial charge in [-0.15, -0.1) is 0 Å². The molecule has 7 heteroatoms. The topological polar surface area (TPSA) is 29.1 Å². The number of halogens is 3. The van der Waals surface area contributed by atoms with Gasteiger partial charge in [0.05, 0.1) is 6.04 Å². The Hall–Kier alpha value is -0.260. The number of rotatable bonds is 3. The van der Waals surface area contributed by atoms with Crippen LogP contribution in [0.4, 0.5) is 5.00 Å². The molecule has 0 saturated heterocycles. The van der Waals surface area contributed by atoms with E-state index in [1.807, 2.05) is 13.0 Å². The molecule has 1 aromatic carbocycles. The van der Waals surface area contributed by atoms with Gasteiger partial charge in [-0.1, -0.05) is 51.2 Å². The second-order valence-corrected chi connectivity index (χ2v) is 6.96. The van der Waals surface area contributed by atoms with Gasteiger partial charge in [-0.2, -0.15) is 0 Å². The van der Waals surface area contributed by atoms with Crippen molar-refractivity contribution in [2.24, 2.45) is 0 Å². The maximum Gasteiger partial charge on any atom is 0.263 e. The highest BCUT2D eigenvalue weighted by Gasteiger charge is 2.14. The molecule has 0 fully saturated rings. The van der Waals surface area contributed by atoms with E-state index in [-0.39, 0.29) is 15.8 Å². The summed E-state index contributed by atoms with van der Waals surface area (Å²) in [4.78, 5) is 11.3. The van der Waals surface area contributed by atoms with Crippen molar-refractivity contribution in [3.8, 4) is 0 Å². The molecule has 0 bridgehead atoms. The molecule has 0 aliphatic heterocycles. The van der Waals surface area contributed by atoms with Crippen molar-refractivity contribution in [3.63, 3.8) is 0 Å². The third kappa shape index (κ3) is 3.00. The number of anilines is 1. The molecule has 96 valence electrons. The molecule has 1 N–H and O–H groups in total. The van der Waals surface area contributed by atoms with Crippen LogP contribution in [0.25, 0.3) is 0 Å². The van der Waals surface area contributed by atoms with E-state index >= 15 is 0 Å². The summed E-state index contributed by atoms with van der Waals surface area (Å²) >= 11 is 17.9. The Kier molecular flexibility index (Phi) is 4.56. The zero-order chi connectivity index (χ0) is 13.3. The Morgan fingerprint density at radius 2 is 1.94 bits per heavy atom. The second kappa shape index (κ2) is 5.80. The van der Waals surface area contributed by atoms with E-state index in [1.165, 1.54) is 10.3 Å². The van der Waals surface area contributed by atoms with Crippen molar-refractivity contribution in [1.29, 1.82) is 0 Å². The first kappa shape index (κ1) is 14.2. The molecule has 0 aliphatic carbocycles. The van der Waals surface area contributed by atoms with Crippen molar-refractivity contribution in [2.75, 3.05) is 5.32 Å². The van der Waals surface area contributed by atoms with Crippen LogP contribution >= 0.6 is 55.5 Å². The maximum absolute atomic E-state index is 11.3. The molecule has 0 saturated carbocycles. The molecule has 1 atom stereocenters. The van der Waals surface area contributed by atoms with Crippen LogP contribution in [0.5, 0.6) is 0 Å². The molecule has 2 rings (SSSR count). The van der Waals surface area contributed by atoms with Gasteiger partial charge in [0, 0.05) is 10.0 Å². The van der Waals surface area contributed by atoms with Gasteiger partial charge >= 0.3 is 0 Å². The number of hydrogen-bond donors (Lipinski definition) is 1. The van der Waals surface area contributed by atoms with Crippen molar-refractivity contribution in [3.05, 3.63) is 48.4 Å². The number of benzene rings is 1. The van der Waals surface area contributed by atoms with E-state index in [0.717, 1.165) is 15.9 Å². The Morgan fingerprint density at radius 3 is 2.50 bits per heavy atom. The van der Waals surface area contributed by atoms with Gasteiger partial charge in [-0.3, -0.25) is 4.79 Å². The standard InChI is InChI=1S/C11H8Cl3NOS2/c1-5(7-3-2-6(12)4-8(7)13)15-10-9(14)11(16)18-17-10/h2-5,15H,1H3. The lowest BCUT2D eigenvalue weighted by atomic mass is 10.1. The first-order valence-electron chi connectivity index (χ1n) is 4.99. The molecule has 2 nitrogen and oxygen atoms in total. The Bertz CT molecular complexity index is 623. The average molecular weight is 341 g/mol. The van der Waals surface area contributed by atoms with Crippen molar-refractivity contribution in [1.82, 2.24) is 0 Å². The first-order valence-corrected chi connectivity index (χ1v) is 8.27. The molecule has 0 aliphatic rings. The fourth-order valence-electron chi connectivity index (χ4n) is 1.46. The fourth-order valence-corrected chi connectivity index (χ4v) is 4.50. The first-order chi connectivity index (χ1) is 8.49. The molecule has 1 aromatic heterocycles. The van der Waals surface area contributed by atoms with E-state index in [4.69, 9.17) is 34.8 Å². The van der Waals surface area contributed by atoms with Crippen LogP contribution < -0.4 is 10.1 Å². The highest BCUT2D eigenvalue weighted by Crippen LogP contribution is 2.33. The van der Waals surface area contributed by atoms with Crippen molar-refractivity contribution >= 4 is 60.5 Å². The quantitative estimate of drug-likeness (QED) is 0.768. The molecule has 2 aromatic rings. The predicted octanol–water partition coefficient (Wildman–Crippen LogP) is 5.30. The SMILES string of the molecule is CC(Nc1ssc(=O)c1Cl)c1ccc(Cl)cc1Cl. The summed E-state index contributed by atoms with van der Waals surface area (Å²) in [6.07, 6.45) is 0. The molecule has 18 heavy (non-hydrogen) atoms. The minimum absolute atomic E-state index is 0.0579. The van der Waals surface area contributed by atoms with E-state index in [9.17, 15) is 4.79 Å². The van der Waals surface area contributed by atoms with Crippen LogP contribution in [0.1, 0.15) is 18.5 Å².